The molecule has 0 radical (unpaired) electrons. The molecule has 0 aliphatic carbocycles. The molecule has 0 aliphatic heterocycles. The van der Waals surface area contributed by atoms with Crippen molar-refractivity contribution in [3.63, 3.8) is 0 Å². The number of sulfonamides is 1. The predicted octanol–water partition coefficient (Wildman–Crippen LogP) is 5.36. The highest BCUT2D eigenvalue weighted by Crippen LogP contribution is 2.23. The molecule has 0 bridgehead atoms. The van der Waals surface area contributed by atoms with E-state index in [4.69, 9.17) is 0 Å². The molecule has 2 N–H and O–H groups in total. The van der Waals surface area contributed by atoms with Gasteiger partial charge in [-0.1, -0.05) is 37.6 Å². The molecule has 0 atom stereocenters. The van der Waals surface area contributed by atoms with E-state index in [0.29, 0.717) is 5.69 Å². The Morgan fingerprint density at radius 3 is 2.29 bits per heavy atom. The molecule has 8 heteroatoms. The number of hydrogen-bond donors (Lipinski definition) is 2. The average molecular weight is 445 g/mol. The minimum Gasteiger partial charge on any atom is -0.319 e. The van der Waals surface area contributed by atoms with Gasteiger partial charge in [0, 0.05) is 5.69 Å². The zero-order valence-electron chi connectivity index (χ0n) is 16.9. The van der Waals surface area contributed by atoms with E-state index in [9.17, 15) is 22.0 Å². The van der Waals surface area contributed by atoms with Gasteiger partial charge in [-0.2, -0.15) is 0 Å². The molecule has 1 amide bonds. The Bertz CT molecular complexity index is 1180. The van der Waals surface area contributed by atoms with Crippen LogP contribution in [0.5, 0.6) is 0 Å². The molecule has 0 aliphatic rings. The number of amides is 1. The molecule has 162 valence electrons. The Hall–Kier alpha value is -3.26. The van der Waals surface area contributed by atoms with Crippen molar-refractivity contribution in [1.82, 2.24) is 0 Å². The Balaban J connectivity index is 1.73. The summed E-state index contributed by atoms with van der Waals surface area (Å²) in [6, 6.07) is 15.4. The monoisotopic (exact) mass is 444 g/mol. The van der Waals surface area contributed by atoms with Gasteiger partial charge in [0.1, 0.15) is 11.6 Å². The minimum atomic E-state index is -4.03. The molecular weight excluding hydrogens is 422 g/mol. The second-order valence-electron chi connectivity index (χ2n) is 6.98. The number of carbonyl (C=O) groups excluding carboxylic acids is 1. The number of anilines is 2. The molecule has 0 fully saturated rings. The van der Waals surface area contributed by atoms with Crippen LogP contribution in [0.4, 0.5) is 20.2 Å². The highest BCUT2D eigenvalue weighted by atomic mass is 32.2. The lowest BCUT2D eigenvalue weighted by Crippen LogP contribution is -2.16. The van der Waals surface area contributed by atoms with Crippen LogP contribution in [0.3, 0.4) is 0 Å². The lowest BCUT2D eigenvalue weighted by atomic mass is 10.1. The summed E-state index contributed by atoms with van der Waals surface area (Å²) < 4.78 is 55.8. The van der Waals surface area contributed by atoms with Crippen molar-refractivity contribution in [2.45, 2.75) is 31.1 Å². The number of hydrogen-bond acceptors (Lipinski definition) is 3. The predicted molar refractivity (Wildman–Crippen MR) is 117 cm³/mol. The topological polar surface area (TPSA) is 75.3 Å². The Labute approximate surface area is 180 Å². The van der Waals surface area contributed by atoms with Crippen LogP contribution < -0.4 is 10.0 Å². The Morgan fingerprint density at radius 1 is 0.935 bits per heavy atom. The molecule has 3 aromatic carbocycles. The first-order valence-electron chi connectivity index (χ1n) is 9.77. The highest BCUT2D eigenvalue weighted by Gasteiger charge is 2.18. The fourth-order valence-electron chi connectivity index (χ4n) is 2.93. The first-order chi connectivity index (χ1) is 14.8. The van der Waals surface area contributed by atoms with Crippen LogP contribution in [0.1, 0.15) is 35.7 Å². The Morgan fingerprint density at radius 2 is 1.65 bits per heavy atom. The zero-order chi connectivity index (χ0) is 22.4. The average Bonchev–Trinajstić information content (AvgIpc) is 2.74. The molecule has 0 aromatic heterocycles. The van der Waals surface area contributed by atoms with Crippen molar-refractivity contribution >= 4 is 27.3 Å². The first kappa shape index (κ1) is 22.4. The summed E-state index contributed by atoms with van der Waals surface area (Å²) in [6.07, 6.45) is 3.02. The summed E-state index contributed by atoms with van der Waals surface area (Å²) >= 11 is 0. The molecule has 3 rings (SSSR count). The van der Waals surface area contributed by atoms with Crippen molar-refractivity contribution in [2.75, 3.05) is 10.0 Å². The summed E-state index contributed by atoms with van der Waals surface area (Å²) in [5, 5.41) is 2.25. The standard InChI is InChI=1S/C23H22F2N2O3S/c1-2-3-6-16-9-11-17(12-10-16)27-31(29,30)18-13-14-22(21(25)15-18)26-23(28)19-7-4-5-8-20(19)24/h4-5,7-15,27H,2-3,6H2,1H3,(H,26,28). The van der Waals surface area contributed by atoms with Gasteiger partial charge in [-0.05, 0) is 60.9 Å². The number of carbonyl (C=O) groups is 1. The van der Waals surface area contributed by atoms with Crippen molar-refractivity contribution in [3.05, 3.63) is 89.5 Å². The van der Waals surface area contributed by atoms with Gasteiger partial charge in [0.15, 0.2) is 0 Å². The van der Waals surface area contributed by atoms with Gasteiger partial charge in [0.05, 0.1) is 16.1 Å². The number of halogens is 2. The fraction of sp³-hybridized carbons (Fsp3) is 0.174. The molecule has 0 saturated heterocycles. The van der Waals surface area contributed by atoms with Gasteiger partial charge in [0.25, 0.3) is 15.9 Å². The largest absolute Gasteiger partial charge is 0.319 e. The van der Waals surface area contributed by atoms with E-state index in [1.807, 2.05) is 12.1 Å². The summed E-state index contributed by atoms with van der Waals surface area (Å²) in [7, 11) is -4.03. The van der Waals surface area contributed by atoms with Gasteiger partial charge in [-0.3, -0.25) is 9.52 Å². The van der Waals surface area contributed by atoms with E-state index in [1.54, 1.807) is 12.1 Å². The second-order valence-corrected chi connectivity index (χ2v) is 8.66. The normalized spacial score (nSPS) is 11.2. The van der Waals surface area contributed by atoms with Crippen LogP contribution in [0.15, 0.2) is 71.6 Å². The van der Waals surface area contributed by atoms with Gasteiger partial charge >= 0.3 is 0 Å². The van der Waals surface area contributed by atoms with E-state index in [1.165, 1.54) is 18.2 Å². The van der Waals surface area contributed by atoms with Crippen LogP contribution in [-0.2, 0) is 16.4 Å². The summed E-state index contributed by atoms with van der Waals surface area (Å²) in [5.41, 5.74) is 0.957. The molecule has 3 aromatic rings. The minimum absolute atomic E-state index is 0.248. The van der Waals surface area contributed by atoms with Crippen molar-refractivity contribution in [2.24, 2.45) is 0 Å². The molecule has 31 heavy (non-hydrogen) atoms. The summed E-state index contributed by atoms with van der Waals surface area (Å²) in [5.74, 6) is -2.54. The maximum atomic E-state index is 14.5. The summed E-state index contributed by atoms with van der Waals surface area (Å²) in [6.45, 7) is 2.10. The van der Waals surface area contributed by atoms with Gasteiger partial charge in [-0.25, -0.2) is 17.2 Å². The lowest BCUT2D eigenvalue weighted by molar-refractivity contribution is 0.102. The van der Waals surface area contributed by atoms with Gasteiger partial charge < -0.3 is 5.32 Å². The summed E-state index contributed by atoms with van der Waals surface area (Å²) in [4.78, 5) is 11.9. The number of unbranched alkanes of at least 4 members (excludes halogenated alkanes) is 1. The molecule has 0 heterocycles. The zero-order valence-corrected chi connectivity index (χ0v) is 17.7. The molecule has 0 saturated carbocycles. The van der Waals surface area contributed by atoms with Crippen LogP contribution in [0.25, 0.3) is 0 Å². The van der Waals surface area contributed by atoms with Crippen molar-refractivity contribution < 1.29 is 22.0 Å². The first-order valence-corrected chi connectivity index (χ1v) is 11.3. The number of aryl methyl sites for hydroxylation is 1. The van der Waals surface area contributed by atoms with Crippen LogP contribution in [0.2, 0.25) is 0 Å². The quantitative estimate of drug-likeness (QED) is 0.491. The van der Waals surface area contributed by atoms with E-state index in [0.717, 1.165) is 49.1 Å². The maximum absolute atomic E-state index is 14.5. The lowest BCUT2D eigenvalue weighted by Gasteiger charge is -2.11. The van der Waals surface area contributed by atoms with Gasteiger partial charge in [0.2, 0.25) is 0 Å². The Kier molecular flexibility index (Phi) is 7.02. The van der Waals surface area contributed by atoms with E-state index >= 15 is 0 Å². The third-order valence-corrected chi connectivity index (χ3v) is 6.02. The van der Waals surface area contributed by atoms with Crippen LogP contribution in [0, 0.1) is 11.6 Å². The number of benzene rings is 3. The van der Waals surface area contributed by atoms with E-state index < -0.39 is 27.6 Å². The number of rotatable bonds is 8. The molecular formula is C23H22F2N2O3S. The van der Waals surface area contributed by atoms with Crippen molar-refractivity contribution in [1.29, 1.82) is 0 Å². The molecule has 5 nitrogen and oxygen atoms in total. The van der Waals surface area contributed by atoms with Gasteiger partial charge in [-0.15, -0.1) is 0 Å². The molecule has 0 unspecified atom stereocenters. The fourth-order valence-corrected chi connectivity index (χ4v) is 4.00. The van der Waals surface area contributed by atoms with Crippen LogP contribution in [-0.4, -0.2) is 14.3 Å². The third-order valence-electron chi connectivity index (χ3n) is 4.64. The van der Waals surface area contributed by atoms with E-state index in [2.05, 4.69) is 17.0 Å². The second kappa shape index (κ2) is 9.70. The maximum Gasteiger partial charge on any atom is 0.261 e. The van der Waals surface area contributed by atoms with Crippen molar-refractivity contribution in [3.8, 4) is 0 Å². The highest BCUT2D eigenvalue weighted by molar-refractivity contribution is 7.92. The smallest absolute Gasteiger partial charge is 0.261 e. The van der Waals surface area contributed by atoms with E-state index in [-0.39, 0.29) is 16.1 Å². The SMILES string of the molecule is CCCCc1ccc(NS(=O)(=O)c2ccc(NC(=O)c3ccccc3F)c(F)c2)cc1. The third kappa shape index (κ3) is 5.67. The molecule has 0 spiro atoms. The number of nitrogens with one attached hydrogen (secondary N) is 2. The van der Waals surface area contributed by atoms with Crippen LogP contribution >= 0.6 is 0 Å².